The summed E-state index contributed by atoms with van der Waals surface area (Å²) in [6.07, 6.45) is 12.9. The molecule has 0 heterocycles. The third-order valence-corrected chi connectivity index (χ3v) is 2.79. The van der Waals surface area contributed by atoms with E-state index in [1.807, 2.05) is 0 Å². The van der Waals surface area contributed by atoms with Crippen LogP contribution in [0, 0.1) is 12.3 Å². The fraction of sp³-hybridized carbons (Fsp3) is 0.909. The molecule has 71 valence electrons. The molecule has 1 unspecified atom stereocenters. The maximum Gasteiger partial charge on any atom is 0.0431 e. The molecule has 1 saturated carbocycles. The van der Waals surface area contributed by atoms with Crippen LogP contribution in [0.25, 0.3) is 0 Å². The van der Waals surface area contributed by atoms with Crippen molar-refractivity contribution >= 4 is 0 Å². The van der Waals surface area contributed by atoms with Crippen molar-refractivity contribution in [3.8, 4) is 0 Å². The fourth-order valence-corrected chi connectivity index (χ4v) is 2.01. The van der Waals surface area contributed by atoms with Crippen LogP contribution in [0.3, 0.4) is 0 Å². The summed E-state index contributed by atoms with van der Waals surface area (Å²) < 4.78 is 0. The van der Waals surface area contributed by atoms with Crippen molar-refractivity contribution in [3.63, 3.8) is 0 Å². The molecule has 1 aliphatic rings. The van der Waals surface area contributed by atoms with Gasteiger partial charge in [-0.15, -0.1) is 0 Å². The van der Waals surface area contributed by atoms with Gasteiger partial charge in [0, 0.05) is 6.61 Å². The SMILES string of the molecule is OCCCCCC1C[CH]CCC1. The second-order valence-electron chi connectivity index (χ2n) is 3.89. The van der Waals surface area contributed by atoms with Gasteiger partial charge in [-0.05, 0) is 25.2 Å². The van der Waals surface area contributed by atoms with Gasteiger partial charge in [-0.1, -0.05) is 38.5 Å². The quantitative estimate of drug-likeness (QED) is 0.627. The molecule has 0 aromatic heterocycles. The van der Waals surface area contributed by atoms with E-state index in [0.717, 1.165) is 12.3 Å². The first-order valence-corrected chi connectivity index (χ1v) is 5.36. The van der Waals surface area contributed by atoms with Crippen LogP contribution in [0.1, 0.15) is 51.4 Å². The Morgan fingerprint density at radius 2 is 2.17 bits per heavy atom. The maximum atomic E-state index is 8.60. The number of unbranched alkanes of at least 4 members (excludes halogenated alkanes) is 2. The van der Waals surface area contributed by atoms with E-state index in [9.17, 15) is 0 Å². The van der Waals surface area contributed by atoms with Gasteiger partial charge >= 0.3 is 0 Å². The molecule has 0 spiro atoms. The molecule has 1 atom stereocenters. The highest BCUT2D eigenvalue weighted by atomic mass is 16.2. The molecule has 1 aliphatic carbocycles. The van der Waals surface area contributed by atoms with E-state index >= 15 is 0 Å². The van der Waals surface area contributed by atoms with Crippen LogP contribution in [0.4, 0.5) is 0 Å². The highest BCUT2D eigenvalue weighted by Gasteiger charge is 2.12. The molecule has 1 nitrogen and oxygen atoms in total. The van der Waals surface area contributed by atoms with Crippen LogP contribution in [0.2, 0.25) is 0 Å². The van der Waals surface area contributed by atoms with Gasteiger partial charge in [0.05, 0.1) is 0 Å². The first-order valence-electron chi connectivity index (χ1n) is 5.36. The summed E-state index contributed by atoms with van der Waals surface area (Å²) in [6.45, 7) is 0.372. The van der Waals surface area contributed by atoms with Crippen LogP contribution in [-0.4, -0.2) is 11.7 Å². The summed E-state index contributed by atoms with van der Waals surface area (Å²) >= 11 is 0. The largest absolute Gasteiger partial charge is 0.396 e. The Morgan fingerprint density at radius 1 is 1.25 bits per heavy atom. The zero-order valence-electron chi connectivity index (χ0n) is 7.97. The van der Waals surface area contributed by atoms with Crippen LogP contribution < -0.4 is 0 Å². The molecule has 0 bridgehead atoms. The summed E-state index contributed by atoms with van der Waals surface area (Å²) in [5, 5.41) is 8.60. The van der Waals surface area contributed by atoms with Gasteiger partial charge in [0.1, 0.15) is 0 Å². The minimum Gasteiger partial charge on any atom is -0.396 e. The molecule has 1 radical (unpaired) electrons. The topological polar surface area (TPSA) is 20.2 Å². The van der Waals surface area contributed by atoms with Gasteiger partial charge in [0.25, 0.3) is 0 Å². The average Bonchev–Trinajstić information content (AvgIpc) is 2.14. The Hall–Kier alpha value is -0.0400. The Bertz CT molecular complexity index is 95.2. The molecule has 1 N–H and O–H groups in total. The predicted octanol–water partition coefficient (Wildman–Crippen LogP) is 2.93. The number of aliphatic hydroxyl groups excluding tert-OH is 1. The molecule has 1 fully saturated rings. The molecule has 0 amide bonds. The molecule has 0 aromatic rings. The first-order chi connectivity index (χ1) is 5.93. The van der Waals surface area contributed by atoms with Gasteiger partial charge < -0.3 is 5.11 Å². The van der Waals surface area contributed by atoms with Crippen molar-refractivity contribution in [1.82, 2.24) is 0 Å². The van der Waals surface area contributed by atoms with Crippen molar-refractivity contribution < 1.29 is 5.11 Å². The Balaban J connectivity index is 1.91. The van der Waals surface area contributed by atoms with Crippen LogP contribution in [-0.2, 0) is 0 Å². The standard InChI is InChI=1S/C11H21O/c12-10-6-2-5-9-11-7-3-1-4-8-11/h3,11-12H,1-2,4-10H2. The number of aliphatic hydroxyl groups is 1. The molecule has 12 heavy (non-hydrogen) atoms. The van der Waals surface area contributed by atoms with Crippen molar-refractivity contribution in [2.45, 2.75) is 51.4 Å². The molecule has 0 aromatic carbocycles. The average molecular weight is 169 g/mol. The predicted molar refractivity (Wildman–Crippen MR) is 51.8 cm³/mol. The summed E-state index contributed by atoms with van der Waals surface area (Å²) in [5.41, 5.74) is 0. The summed E-state index contributed by atoms with van der Waals surface area (Å²) in [5.74, 6) is 0.970. The lowest BCUT2D eigenvalue weighted by molar-refractivity contribution is 0.278. The zero-order valence-corrected chi connectivity index (χ0v) is 7.97. The zero-order chi connectivity index (χ0) is 8.65. The Morgan fingerprint density at radius 3 is 2.83 bits per heavy atom. The second kappa shape index (κ2) is 6.47. The normalized spacial score (nSPS) is 19.8. The lowest BCUT2D eigenvalue weighted by Crippen LogP contribution is -2.06. The molecular weight excluding hydrogens is 148 g/mol. The maximum absolute atomic E-state index is 8.60. The molecule has 0 aliphatic heterocycles. The van der Waals surface area contributed by atoms with Gasteiger partial charge in [-0.2, -0.15) is 0 Å². The molecule has 0 saturated heterocycles. The van der Waals surface area contributed by atoms with Crippen molar-refractivity contribution in [3.05, 3.63) is 6.42 Å². The van der Waals surface area contributed by atoms with E-state index < -0.39 is 0 Å². The van der Waals surface area contributed by atoms with Crippen LogP contribution in [0.5, 0.6) is 0 Å². The van der Waals surface area contributed by atoms with Gasteiger partial charge in [-0.3, -0.25) is 0 Å². The van der Waals surface area contributed by atoms with Gasteiger partial charge in [-0.25, -0.2) is 0 Å². The lowest BCUT2D eigenvalue weighted by Gasteiger charge is -2.20. The minimum absolute atomic E-state index is 0.372. The van der Waals surface area contributed by atoms with E-state index in [1.165, 1.54) is 44.9 Å². The second-order valence-corrected chi connectivity index (χ2v) is 3.89. The summed E-state index contributed by atoms with van der Waals surface area (Å²) in [4.78, 5) is 0. The molecule has 1 heteroatoms. The van der Waals surface area contributed by atoms with Crippen LogP contribution >= 0.6 is 0 Å². The minimum atomic E-state index is 0.372. The van der Waals surface area contributed by atoms with Crippen molar-refractivity contribution in [2.24, 2.45) is 5.92 Å². The monoisotopic (exact) mass is 169 g/mol. The third-order valence-electron chi connectivity index (χ3n) is 2.79. The molecular formula is C11H21O. The Kier molecular flexibility index (Phi) is 5.42. The highest BCUT2D eigenvalue weighted by molar-refractivity contribution is 4.77. The first kappa shape index (κ1) is 10.0. The highest BCUT2D eigenvalue weighted by Crippen LogP contribution is 2.27. The van der Waals surface area contributed by atoms with Gasteiger partial charge in [0.15, 0.2) is 0 Å². The lowest BCUT2D eigenvalue weighted by atomic mass is 9.86. The van der Waals surface area contributed by atoms with E-state index in [-0.39, 0.29) is 0 Å². The van der Waals surface area contributed by atoms with Crippen molar-refractivity contribution in [2.75, 3.05) is 6.61 Å². The summed E-state index contributed by atoms with van der Waals surface area (Å²) in [7, 11) is 0. The van der Waals surface area contributed by atoms with E-state index in [4.69, 9.17) is 5.11 Å². The van der Waals surface area contributed by atoms with Crippen LogP contribution in [0.15, 0.2) is 0 Å². The Labute approximate surface area is 76.2 Å². The van der Waals surface area contributed by atoms with E-state index in [2.05, 4.69) is 6.42 Å². The van der Waals surface area contributed by atoms with Gasteiger partial charge in [0.2, 0.25) is 0 Å². The molecule has 1 rings (SSSR count). The fourth-order valence-electron chi connectivity index (χ4n) is 2.01. The summed E-state index contributed by atoms with van der Waals surface area (Å²) in [6, 6.07) is 0. The van der Waals surface area contributed by atoms with E-state index in [1.54, 1.807) is 0 Å². The third kappa shape index (κ3) is 4.10. The number of hydrogen-bond donors (Lipinski definition) is 1. The number of rotatable bonds is 5. The van der Waals surface area contributed by atoms with E-state index in [0.29, 0.717) is 6.61 Å². The number of hydrogen-bond acceptors (Lipinski definition) is 1. The van der Waals surface area contributed by atoms with Crippen molar-refractivity contribution in [1.29, 1.82) is 0 Å². The smallest absolute Gasteiger partial charge is 0.0431 e.